The molecule has 0 unspecified atom stereocenters. The van der Waals surface area contributed by atoms with Gasteiger partial charge in [-0.1, -0.05) is 54.9 Å². The molecule has 1 aliphatic rings. The van der Waals surface area contributed by atoms with Gasteiger partial charge in [-0.05, 0) is 64.4 Å². The minimum absolute atomic E-state index is 0.253. The van der Waals surface area contributed by atoms with Gasteiger partial charge in [0.05, 0.1) is 17.0 Å². The molecule has 4 rings (SSSR count). The molecule has 0 radical (unpaired) electrons. The lowest BCUT2D eigenvalue weighted by molar-refractivity contribution is -0.122. The molecule has 2 amide bonds. The fraction of sp³-hybridized carbons (Fsp3) is 0.200. The summed E-state index contributed by atoms with van der Waals surface area (Å²) in [4.78, 5) is 26.2. The number of methoxy groups -OCH3 is 1. The second-order valence-corrected chi connectivity index (χ2v) is 8.74. The van der Waals surface area contributed by atoms with Crippen LogP contribution in [0.5, 0.6) is 11.5 Å². The summed E-state index contributed by atoms with van der Waals surface area (Å²) in [6.07, 6.45) is 2.37. The van der Waals surface area contributed by atoms with Crippen molar-refractivity contribution >= 4 is 51.4 Å². The highest BCUT2D eigenvalue weighted by atomic mass is 35.5. The number of thioether (sulfide) groups is 1. The monoisotopic (exact) mass is 467 g/mol. The zero-order valence-electron chi connectivity index (χ0n) is 17.8. The van der Waals surface area contributed by atoms with Crippen LogP contribution in [0.15, 0.2) is 59.5 Å². The first-order valence-corrected chi connectivity index (χ1v) is 11.4. The number of benzene rings is 3. The van der Waals surface area contributed by atoms with Crippen LogP contribution in [0.2, 0.25) is 5.02 Å². The smallest absolute Gasteiger partial charge is 0.293 e. The van der Waals surface area contributed by atoms with E-state index in [0.29, 0.717) is 46.6 Å². The summed E-state index contributed by atoms with van der Waals surface area (Å²) >= 11 is 7.43. The van der Waals surface area contributed by atoms with E-state index in [2.05, 4.69) is 24.3 Å². The lowest BCUT2D eigenvalue weighted by atomic mass is 10.1. The standard InChI is InChI=1S/C25H22ClNO4S/c1-3-10-27-24(28)22(32-25(27)29)14-17-12-20(26)23(21(13-17)30-2)31-15-16-8-9-18-6-4-5-7-19(18)11-16/h4-9,11-14H,3,10,15H2,1-2H3/b22-14+. The van der Waals surface area contributed by atoms with Crippen LogP contribution in [-0.2, 0) is 11.4 Å². The number of imide groups is 1. The lowest BCUT2D eigenvalue weighted by Crippen LogP contribution is -2.28. The van der Waals surface area contributed by atoms with Crippen LogP contribution in [0.4, 0.5) is 4.79 Å². The molecular weight excluding hydrogens is 446 g/mol. The van der Waals surface area contributed by atoms with Crippen molar-refractivity contribution in [1.82, 2.24) is 4.90 Å². The zero-order valence-corrected chi connectivity index (χ0v) is 19.3. The van der Waals surface area contributed by atoms with E-state index in [4.69, 9.17) is 21.1 Å². The molecular formula is C25H22ClNO4S. The summed E-state index contributed by atoms with van der Waals surface area (Å²) < 4.78 is 11.5. The third kappa shape index (κ3) is 4.61. The highest BCUT2D eigenvalue weighted by Crippen LogP contribution is 2.39. The molecule has 0 atom stereocenters. The largest absolute Gasteiger partial charge is 0.493 e. The van der Waals surface area contributed by atoms with E-state index < -0.39 is 0 Å². The van der Waals surface area contributed by atoms with E-state index in [1.54, 1.807) is 18.2 Å². The predicted octanol–water partition coefficient (Wildman–Crippen LogP) is 6.53. The minimum atomic E-state index is -0.284. The Bertz CT molecular complexity index is 1220. The first-order chi connectivity index (χ1) is 15.5. The summed E-state index contributed by atoms with van der Waals surface area (Å²) in [6.45, 7) is 2.66. The van der Waals surface area contributed by atoms with Crippen LogP contribution < -0.4 is 9.47 Å². The number of carbonyl (C=O) groups is 2. The molecule has 0 aliphatic carbocycles. The second-order valence-electron chi connectivity index (χ2n) is 7.34. The van der Waals surface area contributed by atoms with Crippen molar-refractivity contribution in [1.29, 1.82) is 0 Å². The van der Waals surface area contributed by atoms with E-state index >= 15 is 0 Å². The van der Waals surface area contributed by atoms with Crippen molar-refractivity contribution < 1.29 is 19.1 Å². The zero-order chi connectivity index (χ0) is 22.7. The van der Waals surface area contributed by atoms with Gasteiger partial charge in [-0.2, -0.15) is 0 Å². The maximum Gasteiger partial charge on any atom is 0.293 e. The van der Waals surface area contributed by atoms with Crippen molar-refractivity contribution in [3.05, 3.63) is 75.7 Å². The SMILES string of the molecule is CCCN1C(=O)S/C(=C/c2cc(Cl)c(OCc3ccc4ccccc4c3)c(OC)c2)C1=O. The Hall–Kier alpha value is -2.96. The molecule has 1 aliphatic heterocycles. The average Bonchev–Trinajstić information content (AvgIpc) is 3.05. The molecule has 32 heavy (non-hydrogen) atoms. The van der Waals surface area contributed by atoms with Crippen molar-refractivity contribution in [2.75, 3.05) is 13.7 Å². The Morgan fingerprint density at radius 3 is 2.59 bits per heavy atom. The molecule has 0 bridgehead atoms. The fourth-order valence-corrected chi connectivity index (χ4v) is 4.65. The van der Waals surface area contributed by atoms with E-state index in [1.807, 2.05) is 25.1 Å². The Labute approximate surface area is 195 Å². The van der Waals surface area contributed by atoms with Gasteiger partial charge < -0.3 is 9.47 Å². The Kier molecular flexibility index (Phi) is 6.72. The number of ether oxygens (including phenoxy) is 2. The molecule has 0 saturated carbocycles. The van der Waals surface area contributed by atoms with Crippen LogP contribution >= 0.6 is 23.4 Å². The van der Waals surface area contributed by atoms with Gasteiger partial charge in [-0.3, -0.25) is 14.5 Å². The number of carbonyl (C=O) groups excluding carboxylic acids is 2. The highest BCUT2D eigenvalue weighted by molar-refractivity contribution is 8.18. The van der Waals surface area contributed by atoms with E-state index in [9.17, 15) is 9.59 Å². The van der Waals surface area contributed by atoms with Gasteiger partial charge in [0.25, 0.3) is 11.1 Å². The third-order valence-corrected chi connectivity index (χ3v) is 6.26. The number of amides is 2. The number of fused-ring (bicyclic) bond motifs is 1. The first-order valence-electron chi connectivity index (χ1n) is 10.2. The summed E-state index contributed by atoms with van der Waals surface area (Å²) in [7, 11) is 1.54. The number of hydrogen-bond acceptors (Lipinski definition) is 5. The van der Waals surface area contributed by atoms with Crippen molar-refractivity contribution in [2.24, 2.45) is 0 Å². The Morgan fingerprint density at radius 1 is 1.06 bits per heavy atom. The minimum Gasteiger partial charge on any atom is -0.493 e. The molecule has 0 aromatic heterocycles. The molecule has 7 heteroatoms. The maximum atomic E-state index is 12.5. The summed E-state index contributed by atoms with van der Waals surface area (Å²) in [5.41, 5.74) is 1.67. The molecule has 5 nitrogen and oxygen atoms in total. The molecule has 3 aromatic carbocycles. The third-order valence-electron chi connectivity index (χ3n) is 5.07. The number of hydrogen-bond donors (Lipinski definition) is 0. The molecule has 0 spiro atoms. The molecule has 1 heterocycles. The normalized spacial score (nSPS) is 15.1. The van der Waals surface area contributed by atoms with Gasteiger partial charge >= 0.3 is 0 Å². The Morgan fingerprint density at radius 2 is 1.84 bits per heavy atom. The number of halogens is 1. The quantitative estimate of drug-likeness (QED) is 0.370. The van der Waals surface area contributed by atoms with Crippen molar-refractivity contribution in [3.63, 3.8) is 0 Å². The topological polar surface area (TPSA) is 55.8 Å². The fourth-order valence-electron chi connectivity index (χ4n) is 3.52. The predicted molar refractivity (Wildman–Crippen MR) is 129 cm³/mol. The van der Waals surface area contributed by atoms with Crippen molar-refractivity contribution in [2.45, 2.75) is 20.0 Å². The van der Waals surface area contributed by atoms with Gasteiger partial charge in [-0.15, -0.1) is 0 Å². The van der Waals surface area contributed by atoms with Crippen LogP contribution in [0, 0.1) is 0 Å². The van der Waals surface area contributed by atoms with Crippen molar-refractivity contribution in [3.8, 4) is 11.5 Å². The lowest BCUT2D eigenvalue weighted by Gasteiger charge is -2.14. The highest BCUT2D eigenvalue weighted by Gasteiger charge is 2.34. The average molecular weight is 468 g/mol. The van der Waals surface area contributed by atoms with E-state index in [1.165, 1.54) is 17.4 Å². The van der Waals surface area contributed by atoms with Gasteiger partial charge in [-0.25, -0.2) is 0 Å². The first kappa shape index (κ1) is 22.2. The summed E-state index contributed by atoms with van der Waals surface area (Å²) in [5.74, 6) is 0.601. The second kappa shape index (κ2) is 9.67. The summed E-state index contributed by atoms with van der Waals surface area (Å²) in [5, 5.41) is 2.42. The number of rotatable bonds is 7. The maximum absolute atomic E-state index is 12.5. The van der Waals surface area contributed by atoms with Crippen LogP contribution in [-0.4, -0.2) is 29.7 Å². The molecule has 1 saturated heterocycles. The van der Waals surface area contributed by atoms with Crippen LogP contribution in [0.3, 0.4) is 0 Å². The van der Waals surface area contributed by atoms with Crippen LogP contribution in [0.25, 0.3) is 16.8 Å². The molecule has 164 valence electrons. The molecule has 1 fully saturated rings. The van der Waals surface area contributed by atoms with E-state index in [-0.39, 0.29) is 11.1 Å². The van der Waals surface area contributed by atoms with Gasteiger partial charge in [0.2, 0.25) is 0 Å². The van der Waals surface area contributed by atoms with Gasteiger partial charge in [0.15, 0.2) is 11.5 Å². The van der Waals surface area contributed by atoms with Crippen LogP contribution in [0.1, 0.15) is 24.5 Å². The molecule has 0 N–H and O–H groups in total. The van der Waals surface area contributed by atoms with E-state index in [0.717, 1.165) is 22.7 Å². The molecule has 3 aromatic rings. The number of nitrogens with zero attached hydrogens (tertiary/aromatic N) is 1. The Balaban J connectivity index is 1.55. The van der Waals surface area contributed by atoms with Gasteiger partial charge in [0, 0.05) is 6.54 Å². The van der Waals surface area contributed by atoms with Gasteiger partial charge in [0.1, 0.15) is 6.61 Å². The summed E-state index contributed by atoms with van der Waals surface area (Å²) in [6, 6.07) is 17.7.